The van der Waals surface area contributed by atoms with Gasteiger partial charge in [-0.05, 0) is 31.0 Å². The van der Waals surface area contributed by atoms with Gasteiger partial charge < -0.3 is 0 Å². The largest absolute Gasteiger partial charge is 0.245 e. The van der Waals surface area contributed by atoms with Crippen molar-refractivity contribution in [2.45, 2.75) is 17.7 Å². The van der Waals surface area contributed by atoms with Gasteiger partial charge in [0.05, 0.1) is 6.07 Å². The van der Waals surface area contributed by atoms with E-state index in [9.17, 15) is 12.8 Å². The van der Waals surface area contributed by atoms with Gasteiger partial charge in [0.1, 0.15) is 10.7 Å². The maximum atomic E-state index is 13.8. The van der Waals surface area contributed by atoms with Crippen LogP contribution in [0.4, 0.5) is 4.39 Å². The Kier molecular flexibility index (Phi) is 4.23. The maximum absolute atomic E-state index is 13.8. The molecule has 1 aromatic carbocycles. The summed E-state index contributed by atoms with van der Waals surface area (Å²) in [5.74, 6) is -0.877. The van der Waals surface area contributed by atoms with Crippen molar-refractivity contribution in [3.8, 4) is 6.07 Å². The number of hydrogen-bond donors (Lipinski definition) is 0. The van der Waals surface area contributed by atoms with Crippen LogP contribution in [-0.2, 0) is 10.0 Å². The lowest BCUT2D eigenvalue weighted by molar-refractivity contribution is 0.309. The molecule has 1 saturated heterocycles. The third-order valence-electron chi connectivity index (χ3n) is 3.15. The van der Waals surface area contributed by atoms with Crippen LogP contribution in [0.2, 0.25) is 0 Å². The van der Waals surface area contributed by atoms with Crippen LogP contribution >= 0.6 is 15.9 Å². The molecule has 0 amide bonds. The number of nitriles is 1. The third-order valence-corrected chi connectivity index (χ3v) is 5.57. The first-order chi connectivity index (χ1) is 8.95. The second-order valence-corrected chi connectivity index (χ2v) is 7.20. The number of benzene rings is 1. The molecule has 4 nitrogen and oxygen atoms in total. The van der Waals surface area contributed by atoms with Gasteiger partial charge in [0.2, 0.25) is 10.0 Å². The standard InChI is InChI=1S/C12H12BrFN2O2S/c13-10-1-2-12(11(14)7-10)19(17,18)16-5-3-9(8-15)4-6-16/h1-2,7,9H,3-6H2. The average Bonchev–Trinajstić information content (AvgIpc) is 2.38. The molecule has 0 radical (unpaired) electrons. The van der Waals surface area contributed by atoms with Crippen LogP contribution in [0.25, 0.3) is 0 Å². The molecule has 0 bridgehead atoms. The zero-order chi connectivity index (χ0) is 14.0. The summed E-state index contributed by atoms with van der Waals surface area (Å²) >= 11 is 3.09. The maximum Gasteiger partial charge on any atom is 0.245 e. The first-order valence-electron chi connectivity index (χ1n) is 5.80. The normalized spacial score (nSPS) is 18.2. The lowest BCUT2D eigenvalue weighted by Crippen LogP contribution is -2.38. The van der Waals surface area contributed by atoms with E-state index in [1.165, 1.54) is 16.4 Å². The SMILES string of the molecule is N#CC1CCN(S(=O)(=O)c2ccc(Br)cc2F)CC1. The molecule has 102 valence electrons. The third kappa shape index (κ3) is 2.96. The Balaban J connectivity index is 2.26. The zero-order valence-corrected chi connectivity index (χ0v) is 12.4. The topological polar surface area (TPSA) is 61.2 Å². The van der Waals surface area contributed by atoms with Gasteiger partial charge in [0, 0.05) is 23.5 Å². The molecule has 0 aliphatic carbocycles. The lowest BCUT2D eigenvalue weighted by atomic mass is 10.0. The minimum Gasteiger partial charge on any atom is -0.207 e. The summed E-state index contributed by atoms with van der Waals surface area (Å²) in [6, 6.07) is 6.02. The second-order valence-electron chi connectivity index (χ2n) is 4.38. The molecule has 0 aromatic heterocycles. The fourth-order valence-corrected chi connectivity index (χ4v) is 3.90. The van der Waals surface area contributed by atoms with E-state index in [1.54, 1.807) is 0 Å². The van der Waals surface area contributed by atoms with Crippen LogP contribution < -0.4 is 0 Å². The lowest BCUT2D eigenvalue weighted by Gasteiger charge is -2.28. The second kappa shape index (κ2) is 5.57. The predicted octanol–water partition coefficient (Wildman–Crippen LogP) is 2.51. The molecule has 1 heterocycles. The minimum atomic E-state index is -3.81. The van der Waals surface area contributed by atoms with Crippen LogP contribution in [0, 0.1) is 23.1 Å². The zero-order valence-electron chi connectivity index (χ0n) is 10.0. The van der Waals surface area contributed by atoms with Gasteiger partial charge in [-0.1, -0.05) is 15.9 Å². The van der Waals surface area contributed by atoms with Crippen molar-refractivity contribution < 1.29 is 12.8 Å². The van der Waals surface area contributed by atoms with E-state index in [0.29, 0.717) is 17.3 Å². The Bertz CT molecular complexity index is 619. The Hall–Kier alpha value is -0.970. The van der Waals surface area contributed by atoms with Crippen molar-refractivity contribution >= 4 is 26.0 Å². The van der Waals surface area contributed by atoms with E-state index < -0.39 is 15.8 Å². The molecule has 1 fully saturated rings. The first-order valence-corrected chi connectivity index (χ1v) is 8.03. The monoisotopic (exact) mass is 346 g/mol. The molecular weight excluding hydrogens is 335 g/mol. The van der Waals surface area contributed by atoms with E-state index in [4.69, 9.17) is 5.26 Å². The smallest absolute Gasteiger partial charge is 0.207 e. The van der Waals surface area contributed by atoms with Crippen molar-refractivity contribution in [1.29, 1.82) is 5.26 Å². The molecule has 1 aliphatic heterocycles. The summed E-state index contributed by atoms with van der Waals surface area (Å²) in [7, 11) is -3.81. The van der Waals surface area contributed by atoms with E-state index in [-0.39, 0.29) is 23.9 Å². The van der Waals surface area contributed by atoms with Gasteiger partial charge in [-0.15, -0.1) is 0 Å². The van der Waals surface area contributed by atoms with Crippen LogP contribution in [0.1, 0.15) is 12.8 Å². The van der Waals surface area contributed by atoms with E-state index in [1.807, 2.05) is 0 Å². The molecule has 0 unspecified atom stereocenters. The van der Waals surface area contributed by atoms with Gasteiger partial charge in [-0.2, -0.15) is 9.57 Å². The summed E-state index contributed by atoms with van der Waals surface area (Å²) in [6.45, 7) is 0.520. The summed E-state index contributed by atoms with van der Waals surface area (Å²) in [6.07, 6.45) is 0.988. The number of halogens is 2. The minimum absolute atomic E-state index is 0.110. The van der Waals surface area contributed by atoms with E-state index >= 15 is 0 Å². The molecule has 7 heteroatoms. The summed E-state index contributed by atoms with van der Waals surface area (Å²) in [5.41, 5.74) is 0. The molecule has 2 rings (SSSR count). The fourth-order valence-electron chi connectivity index (χ4n) is 2.05. The Labute approximate surface area is 120 Å². The van der Waals surface area contributed by atoms with Gasteiger partial charge >= 0.3 is 0 Å². The molecule has 1 aromatic rings. The van der Waals surface area contributed by atoms with Crippen LogP contribution in [0.3, 0.4) is 0 Å². The summed E-state index contributed by atoms with van der Waals surface area (Å²) in [5, 5.41) is 8.79. The predicted molar refractivity (Wildman–Crippen MR) is 71.2 cm³/mol. The number of hydrogen-bond acceptors (Lipinski definition) is 3. The highest BCUT2D eigenvalue weighted by Gasteiger charge is 2.31. The molecule has 0 saturated carbocycles. The summed E-state index contributed by atoms with van der Waals surface area (Å²) in [4.78, 5) is -0.314. The van der Waals surface area contributed by atoms with Crippen molar-refractivity contribution in [2.24, 2.45) is 5.92 Å². The molecule has 1 aliphatic rings. The first kappa shape index (κ1) is 14.4. The Morgan fingerprint density at radius 2 is 2.00 bits per heavy atom. The average molecular weight is 347 g/mol. The Morgan fingerprint density at radius 1 is 1.37 bits per heavy atom. The van der Waals surface area contributed by atoms with Gasteiger partial charge in [0.25, 0.3) is 0 Å². The molecule has 19 heavy (non-hydrogen) atoms. The Morgan fingerprint density at radius 3 is 2.53 bits per heavy atom. The molecule has 0 spiro atoms. The van der Waals surface area contributed by atoms with Crippen molar-refractivity contribution in [3.63, 3.8) is 0 Å². The van der Waals surface area contributed by atoms with E-state index in [2.05, 4.69) is 22.0 Å². The highest BCUT2D eigenvalue weighted by Crippen LogP contribution is 2.26. The molecular formula is C12H12BrFN2O2S. The fraction of sp³-hybridized carbons (Fsp3) is 0.417. The number of rotatable bonds is 2. The van der Waals surface area contributed by atoms with Crippen molar-refractivity contribution in [1.82, 2.24) is 4.31 Å². The van der Waals surface area contributed by atoms with Gasteiger partial charge in [-0.25, -0.2) is 12.8 Å². The molecule has 0 N–H and O–H groups in total. The molecule has 0 atom stereocenters. The van der Waals surface area contributed by atoms with Gasteiger partial charge in [0.15, 0.2) is 0 Å². The number of sulfonamides is 1. The van der Waals surface area contributed by atoms with Crippen LogP contribution in [-0.4, -0.2) is 25.8 Å². The quantitative estimate of drug-likeness (QED) is 0.826. The van der Waals surface area contributed by atoms with Gasteiger partial charge in [-0.3, -0.25) is 0 Å². The van der Waals surface area contributed by atoms with E-state index in [0.717, 1.165) is 6.07 Å². The number of nitrogens with zero attached hydrogens (tertiary/aromatic N) is 2. The van der Waals surface area contributed by atoms with Crippen LogP contribution in [0.15, 0.2) is 27.6 Å². The number of piperidine rings is 1. The van der Waals surface area contributed by atoms with Crippen molar-refractivity contribution in [3.05, 3.63) is 28.5 Å². The summed E-state index contributed by atoms with van der Waals surface area (Å²) < 4.78 is 40.1. The van der Waals surface area contributed by atoms with Crippen LogP contribution in [0.5, 0.6) is 0 Å². The highest BCUT2D eigenvalue weighted by molar-refractivity contribution is 9.10. The van der Waals surface area contributed by atoms with Crippen molar-refractivity contribution in [2.75, 3.05) is 13.1 Å². The highest BCUT2D eigenvalue weighted by atomic mass is 79.9.